The normalized spacial score (nSPS) is 10.9. The zero-order chi connectivity index (χ0) is 15.9. The lowest BCUT2D eigenvalue weighted by molar-refractivity contribution is 0.417. The molecule has 0 radical (unpaired) electrons. The molecule has 0 amide bonds. The van der Waals surface area contributed by atoms with Crippen molar-refractivity contribution >= 4 is 11.6 Å². The van der Waals surface area contributed by atoms with E-state index in [4.69, 9.17) is 15.7 Å². The van der Waals surface area contributed by atoms with Gasteiger partial charge in [-0.25, -0.2) is 9.38 Å². The molecule has 0 bridgehead atoms. The predicted molar refractivity (Wildman–Crippen MR) is 83.1 cm³/mol. The molecule has 112 valence electrons. The molecule has 0 unspecified atom stereocenters. The second-order valence-electron chi connectivity index (χ2n) is 4.44. The molecule has 0 aromatic heterocycles. The SMILES string of the molecule is COc1ccccc1NC(N)=NCc1ccc(C#N)cc1F. The number of halogens is 1. The third-order valence-corrected chi connectivity index (χ3v) is 2.97. The number of rotatable bonds is 4. The average molecular weight is 298 g/mol. The summed E-state index contributed by atoms with van der Waals surface area (Å²) in [7, 11) is 1.56. The van der Waals surface area contributed by atoms with Gasteiger partial charge in [0.1, 0.15) is 11.6 Å². The summed E-state index contributed by atoms with van der Waals surface area (Å²) in [5.74, 6) is 0.298. The van der Waals surface area contributed by atoms with Gasteiger partial charge in [-0.3, -0.25) is 0 Å². The van der Waals surface area contributed by atoms with Gasteiger partial charge in [-0.15, -0.1) is 0 Å². The van der Waals surface area contributed by atoms with Crippen LogP contribution in [0.1, 0.15) is 11.1 Å². The van der Waals surface area contributed by atoms with E-state index in [-0.39, 0.29) is 18.1 Å². The van der Waals surface area contributed by atoms with Crippen molar-refractivity contribution in [2.45, 2.75) is 6.54 Å². The topological polar surface area (TPSA) is 83.4 Å². The second-order valence-corrected chi connectivity index (χ2v) is 4.44. The molecule has 0 spiro atoms. The molecule has 0 fully saturated rings. The van der Waals surface area contributed by atoms with E-state index in [0.717, 1.165) is 0 Å². The largest absolute Gasteiger partial charge is 0.495 e. The van der Waals surface area contributed by atoms with Crippen LogP contribution in [0.15, 0.2) is 47.5 Å². The van der Waals surface area contributed by atoms with E-state index in [1.807, 2.05) is 18.2 Å². The predicted octanol–water partition coefficient (Wildman–Crippen LogP) is 2.63. The molecule has 0 heterocycles. The van der Waals surface area contributed by atoms with E-state index in [2.05, 4.69) is 10.3 Å². The first-order valence-corrected chi connectivity index (χ1v) is 6.52. The van der Waals surface area contributed by atoms with E-state index >= 15 is 0 Å². The summed E-state index contributed by atoms with van der Waals surface area (Å²) >= 11 is 0. The van der Waals surface area contributed by atoms with Crippen LogP contribution in [0.3, 0.4) is 0 Å². The molecule has 0 aliphatic rings. The minimum atomic E-state index is -0.479. The summed E-state index contributed by atoms with van der Waals surface area (Å²) in [4.78, 5) is 4.09. The number of aliphatic imine (C=N–C) groups is 1. The van der Waals surface area contributed by atoms with Crippen molar-refractivity contribution in [2.24, 2.45) is 10.7 Å². The van der Waals surface area contributed by atoms with Gasteiger partial charge < -0.3 is 15.8 Å². The van der Waals surface area contributed by atoms with Gasteiger partial charge in [-0.2, -0.15) is 5.26 Å². The van der Waals surface area contributed by atoms with Crippen molar-refractivity contribution in [1.82, 2.24) is 0 Å². The Balaban J connectivity index is 2.09. The molecule has 3 N–H and O–H groups in total. The molecule has 6 heteroatoms. The minimum Gasteiger partial charge on any atom is -0.495 e. The van der Waals surface area contributed by atoms with Gasteiger partial charge in [0, 0.05) is 5.56 Å². The van der Waals surface area contributed by atoms with E-state index in [1.54, 1.807) is 19.2 Å². The monoisotopic (exact) mass is 298 g/mol. The highest BCUT2D eigenvalue weighted by Crippen LogP contribution is 2.22. The molecule has 2 aromatic rings. The molecular weight excluding hydrogens is 283 g/mol. The highest BCUT2D eigenvalue weighted by Gasteiger charge is 2.05. The van der Waals surface area contributed by atoms with Crippen LogP contribution in [0.25, 0.3) is 0 Å². The summed E-state index contributed by atoms with van der Waals surface area (Å²) < 4.78 is 18.9. The second kappa shape index (κ2) is 7.09. The van der Waals surface area contributed by atoms with Crippen molar-refractivity contribution < 1.29 is 9.13 Å². The lowest BCUT2D eigenvalue weighted by atomic mass is 10.1. The number of anilines is 1. The van der Waals surface area contributed by atoms with Crippen LogP contribution in [0.2, 0.25) is 0 Å². The van der Waals surface area contributed by atoms with Crippen LogP contribution < -0.4 is 15.8 Å². The number of nitriles is 1. The van der Waals surface area contributed by atoms with Gasteiger partial charge in [-0.05, 0) is 24.3 Å². The molecule has 0 aliphatic heterocycles. The molecule has 22 heavy (non-hydrogen) atoms. The number of methoxy groups -OCH3 is 1. The Morgan fingerprint density at radius 2 is 2.14 bits per heavy atom. The molecule has 2 aromatic carbocycles. The summed E-state index contributed by atoms with van der Waals surface area (Å²) in [6, 6.07) is 13.4. The number of guanidine groups is 1. The first kappa shape index (κ1) is 15.3. The third kappa shape index (κ3) is 3.73. The number of hydrogen-bond donors (Lipinski definition) is 2. The Bertz CT molecular complexity index is 737. The first-order chi connectivity index (χ1) is 10.6. The zero-order valence-corrected chi connectivity index (χ0v) is 12.0. The van der Waals surface area contributed by atoms with Crippen molar-refractivity contribution in [3.8, 4) is 11.8 Å². The lowest BCUT2D eigenvalue weighted by Gasteiger charge is -2.10. The van der Waals surface area contributed by atoms with Gasteiger partial charge in [0.25, 0.3) is 0 Å². The summed E-state index contributed by atoms with van der Waals surface area (Å²) in [5, 5.41) is 11.6. The van der Waals surface area contributed by atoms with Crippen LogP contribution in [-0.4, -0.2) is 13.1 Å². The molecule has 2 rings (SSSR count). The number of nitrogens with zero attached hydrogens (tertiary/aromatic N) is 2. The fourth-order valence-electron chi connectivity index (χ4n) is 1.84. The molecule has 5 nitrogen and oxygen atoms in total. The maximum atomic E-state index is 13.7. The van der Waals surface area contributed by atoms with Crippen LogP contribution in [0.4, 0.5) is 10.1 Å². The lowest BCUT2D eigenvalue weighted by Crippen LogP contribution is -2.23. The van der Waals surface area contributed by atoms with Crippen molar-refractivity contribution in [2.75, 3.05) is 12.4 Å². The van der Waals surface area contributed by atoms with Crippen LogP contribution >= 0.6 is 0 Å². The molecular formula is C16H15FN4O. The quantitative estimate of drug-likeness (QED) is 0.671. The first-order valence-electron chi connectivity index (χ1n) is 6.52. The highest BCUT2D eigenvalue weighted by molar-refractivity contribution is 5.93. The number of hydrogen-bond acceptors (Lipinski definition) is 3. The number of benzene rings is 2. The van der Waals surface area contributed by atoms with Crippen molar-refractivity contribution in [3.05, 3.63) is 59.4 Å². The molecule has 0 atom stereocenters. The summed E-state index contributed by atoms with van der Waals surface area (Å²) in [6.45, 7) is 0.0749. The molecule has 0 aliphatic carbocycles. The van der Waals surface area contributed by atoms with E-state index < -0.39 is 5.82 Å². The molecule has 0 saturated carbocycles. The van der Waals surface area contributed by atoms with E-state index in [9.17, 15) is 4.39 Å². The highest BCUT2D eigenvalue weighted by atomic mass is 19.1. The Hall–Kier alpha value is -3.07. The van der Waals surface area contributed by atoms with Gasteiger partial charge in [0.15, 0.2) is 5.96 Å². The fourth-order valence-corrected chi connectivity index (χ4v) is 1.84. The Morgan fingerprint density at radius 3 is 2.82 bits per heavy atom. The van der Waals surface area contributed by atoms with Crippen LogP contribution in [0.5, 0.6) is 5.75 Å². The zero-order valence-electron chi connectivity index (χ0n) is 12.0. The maximum Gasteiger partial charge on any atom is 0.193 e. The Labute approximate surface area is 127 Å². The maximum absolute atomic E-state index is 13.7. The van der Waals surface area contributed by atoms with Crippen LogP contribution in [0, 0.1) is 17.1 Å². The number of nitrogens with two attached hydrogens (primary N) is 1. The van der Waals surface area contributed by atoms with E-state index in [1.165, 1.54) is 18.2 Å². The number of nitrogens with one attached hydrogen (secondary N) is 1. The summed E-state index contributed by atoms with van der Waals surface area (Å²) in [6.07, 6.45) is 0. The number of ether oxygens (including phenoxy) is 1. The number of para-hydroxylation sites is 2. The minimum absolute atomic E-state index is 0.0749. The van der Waals surface area contributed by atoms with Gasteiger partial charge >= 0.3 is 0 Å². The Morgan fingerprint density at radius 1 is 1.36 bits per heavy atom. The van der Waals surface area contributed by atoms with Crippen molar-refractivity contribution in [1.29, 1.82) is 5.26 Å². The standard InChI is InChI=1S/C16H15FN4O/c1-22-15-5-3-2-4-14(15)21-16(19)20-10-12-7-6-11(9-18)8-13(12)17/h2-8H,10H2,1H3,(H3,19,20,21). The Kier molecular flexibility index (Phi) is 4.94. The van der Waals surface area contributed by atoms with Crippen molar-refractivity contribution in [3.63, 3.8) is 0 Å². The van der Waals surface area contributed by atoms with Gasteiger partial charge in [0.2, 0.25) is 0 Å². The average Bonchev–Trinajstić information content (AvgIpc) is 2.54. The van der Waals surface area contributed by atoms with Gasteiger partial charge in [0.05, 0.1) is 31.0 Å². The fraction of sp³-hybridized carbons (Fsp3) is 0.125. The third-order valence-electron chi connectivity index (χ3n) is 2.97. The smallest absolute Gasteiger partial charge is 0.193 e. The summed E-state index contributed by atoms with van der Waals surface area (Å²) in [5.41, 5.74) is 7.10. The van der Waals surface area contributed by atoms with E-state index in [0.29, 0.717) is 17.0 Å². The van der Waals surface area contributed by atoms with Crippen LogP contribution in [-0.2, 0) is 6.54 Å². The van der Waals surface area contributed by atoms with Gasteiger partial charge in [-0.1, -0.05) is 18.2 Å². The molecule has 0 saturated heterocycles.